The third kappa shape index (κ3) is 2.70. The fraction of sp³-hybridized carbons (Fsp3) is 0.333. The van der Waals surface area contributed by atoms with Crippen molar-refractivity contribution in [2.75, 3.05) is 18.0 Å². The Kier molecular flexibility index (Phi) is 3.87. The number of rotatable bonds is 4. The number of carbonyl (C=O) groups is 1. The second kappa shape index (κ2) is 5.18. The number of carbonyl (C=O) groups excluding carboxylic acids is 1. The van der Waals surface area contributed by atoms with Gasteiger partial charge in [-0.3, -0.25) is 4.90 Å². The van der Waals surface area contributed by atoms with Crippen LogP contribution in [0.1, 0.15) is 6.42 Å². The molecule has 0 radical (unpaired) electrons. The fourth-order valence-electron chi connectivity index (χ4n) is 1.10. The molecule has 5 nitrogen and oxygen atoms in total. The highest BCUT2D eigenvalue weighted by molar-refractivity contribution is 5.89. The molecule has 0 aliphatic heterocycles. The molecule has 0 atom stereocenters. The van der Waals surface area contributed by atoms with E-state index in [9.17, 15) is 4.79 Å². The van der Waals surface area contributed by atoms with Crippen molar-refractivity contribution < 1.29 is 4.79 Å². The second-order valence-corrected chi connectivity index (χ2v) is 2.82. The lowest BCUT2D eigenvalue weighted by Crippen LogP contribution is -2.37. The standard InChI is InChI=1S/C9H14N4O/c10-5-3-7-13(9(11)14)8-4-1-2-6-12-8/h1-2,4,6H,3,5,7,10H2,(H2,11,14). The summed E-state index contributed by atoms with van der Waals surface area (Å²) in [6.07, 6.45) is 2.33. The van der Waals surface area contributed by atoms with Gasteiger partial charge in [-0.05, 0) is 25.1 Å². The topological polar surface area (TPSA) is 85.2 Å². The second-order valence-electron chi connectivity index (χ2n) is 2.82. The number of aromatic nitrogens is 1. The van der Waals surface area contributed by atoms with Crippen molar-refractivity contribution in [3.05, 3.63) is 24.4 Å². The summed E-state index contributed by atoms with van der Waals surface area (Å²) in [4.78, 5) is 16.5. The summed E-state index contributed by atoms with van der Waals surface area (Å²) in [7, 11) is 0. The Bertz CT molecular complexity index is 288. The molecular formula is C9H14N4O. The van der Waals surface area contributed by atoms with E-state index in [-0.39, 0.29) is 0 Å². The normalized spacial score (nSPS) is 9.79. The van der Waals surface area contributed by atoms with E-state index in [1.807, 2.05) is 0 Å². The molecule has 14 heavy (non-hydrogen) atoms. The molecule has 0 aromatic carbocycles. The number of amides is 2. The first-order valence-electron chi connectivity index (χ1n) is 4.43. The number of pyridine rings is 1. The van der Waals surface area contributed by atoms with Gasteiger partial charge in [0, 0.05) is 12.7 Å². The van der Waals surface area contributed by atoms with Gasteiger partial charge in [0.1, 0.15) is 5.82 Å². The molecule has 2 amide bonds. The van der Waals surface area contributed by atoms with E-state index in [1.54, 1.807) is 24.4 Å². The average molecular weight is 194 g/mol. The van der Waals surface area contributed by atoms with E-state index in [1.165, 1.54) is 4.90 Å². The number of nitrogens with zero attached hydrogens (tertiary/aromatic N) is 2. The molecule has 76 valence electrons. The smallest absolute Gasteiger partial charge is 0.320 e. The number of anilines is 1. The Morgan fingerprint density at radius 2 is 2.29 bits per heavy atom. The Balaban J connectivity index is 2.73. The number of primary amides is 1. The van der Waals surface area contributed by atoms with Crippen LogP contribution in [0.4, 0.5) is 10.6 Å². The van der Waals surface area contributed by atoms with Crippen LogP contribution in [0.5, 0.6) is 0 Å². The largest absolute Gasteiger partial charge is 0.351 e. The van der Waals surface area contributed by atoms with Crippen LogP contribution in [-0.2, 0) is 0 Å². The quantitative estimate of drug-likeness (QED) is 0.723. The van der Waals surface area contributed by atoms with Crippen molar-refractivity contribution in [2.45, 2.75) is 6.42 Å². The molecule has 1 aromatic rings. The van der Waals surface area contributed by atoms with Crippen LogP contribution in [0.2, 0.25) is 0 Å². The Morgan fingerprint density at radius 3 is 2.79 bits per heavy atom. The lowest BCUT2D eigenvalue weighted by molar-refractivity contribution is 0.253. The van der Waals surface area contributed by atoms with Gasteiger partial charge >= 0.3 is 6.03 Å². The summed E-state index contributed by atoms with van der Waals surface area (Å²) >= 11 is 0. The fourth-order valence-corrected chi connectivity index (χ4v) is 1.10. The Morgan fingerprint density at radius 1 is 1.50 bits per heavy atom. The minimum Gasteiger partial charge on any atom is -0.351 e. The van der Waals surface area contributed by atoms with Crippen molar-refractivity contribution in [3.63, 3.8) is 0 Å². The predicted octanol–water partition coefficient (Wildman–Crippen LogP) is 0.315. The van der Waals surface area contributed by atoms with Gasteiger partial charge in [0.05, 0.1) is 0 Å². The lowest BCUT2D eigenvalue weighted by atomic mass is 10.3. The van der Waals surface area contributed by atoms with Crippen LogP contribution in [0, 0.1) is 0 Å². The molecule has 0 aliphatic rings. The number of nitrogens with two attached hydrogens (primary N) is 2. The van der Waals surface area contributed by atoms with Crippen molar-refractivity contribution >= 4 is 11.8 Å². The van der Waals surface area contributed by atoms with Gasteiger partial charge in [-0.1, -0.05) is 6.07 Å². The molecule has 0 unspecified atom stereocenters. The molecular weight excluding hydrogens is 180 g/mol. The molecule has 0 saturated carbocycles. The Hall–Kier alpha value is -1.62. The number of hydrogen-bond donors (Lipinski definition) is 2. The number of urea groups is 1. The van der Waals surface area contributed by atoms with Crippen LogP contribution in [0.15, 0.2) is 24.4 Å². The molecule has 5 heteroatoms. The zero-order valence-corrected chi connectivity index (χ0v) is 7.89. The van der Waals surface area contributed by atoms with Gasteiger partial charge in [-0.25, -0.2) is 9.78 Å². The highest BCUT2D eigenvalue weighted by atomic mass is 16.2. The molecule has 4 N–H and O–H groups in total. The van der Waals surface area contributed by atoms with Gasteiger partial charge in [0.2, 0.25) is 0 Å². The summed E-state index contributed by atoms with van der Waals surface area (Å²) in [5, 5.41) is 0. The highest BCUT2D eigenvalue weighted by Crippen LogP contribution is 2.08. The Labute approximate surface area is 82.7 Å². The minimum absolute atomic E-state index is 0.503. The van der Waals surface area contributed by atoms with E-state index in [0.29, 0.717) is 25.3 Å². The summed E-state index contributed by atoms with van der Waals surface area (Å²) in [5.74, 6) is 0.563. The van der Waals surface area contributed by atoms with E-state index >= 15 is 0 Å². The van der Waals surface area contributed by atoms with E-state index < -0.39 is 6.03 Å². The average Bonchev–Trinajstić information content (AvgIpc) is 2.19. The van der Waals surface area contributed by atoms with Crippen LogP contribution >= 0.6 is 0 Å². The zero-order chi connectivity index (χ0) is 10.4. The molecule has 0 bridgehead atoms. The van der Waals surface area contributed by atoms with Crippen molar-refractivity contribution in [1.29, 1.82) is 0 Å². The van der Waals surface area contributed by atoms with E-state index in [2.05, 4.69) is 4.98 Å². The zero-order valence-electron chi connectivity index (χ0n) is 7.89. The van der Waals surface area contributed by atoms with Crippen molar-refractivity contribution in [1.82, 2.24) is 4.98 Å². The first-order chi connectivity index (χ1) is 6.75. The highest BCUT2D eigenvalue weighted by Gasteiger charge is 2.11. The van der Waals surface area contributed by atoms with Crippen molar-refractivity contribution in [2.24, 2.45) is 11.5 Å². The number of hydrogen-bond acceptors (Lipinski definition) is 3. The summed E-state index contributed by atoms with van der Waals surface area (Å²) in [6, 6.07) is 4.82. The molecule has 1 aromatic heterocycles. The third-order valence-corrected chi connectivity index (χ3v) is 1.78. The summed E-state index contributed by atoms with van der Waals surface area (Å²) < 4.78 is 0. The van der Waals surface area contributed by atoms with Crippen LogP contribution in [-0.4, -0.2) is 24.1 Å². The molecule has 0 aliphatic carbocycles. The van der Waals surface area contributed by atoms with Gasteiger partial charge in [-0.2, -0.15) is 0 Å². The first-order valence-corrected chi connectivity index (χ1v) is 4.43. The first kappa shape index (κ1) is 10.5. The van der Waals surface area contributed by atoms with Gasteiger partial charge in [-0.15, -0.1) is 0 Å². The van der Waals surface area contributed by atoms with Gasteiger partial charge in [0.25, 0.3) is 0 Å². The van der Waals surface area contributed by atoms with Crippen LogP contribution < -0.4 is 16.4 Å². The summed E-state index contributed by atoms with van der Waals surface area (Å²) in [5.41, 5.74) is 10.6. The molecule has 0 spiro atoms. The predicted molar refractivity (Wildman–Crippen MR) is 54.8 cm³/mol. The maximum Gasteiger partial charge on any atom is 0.320 e. The van der Waals surface area contributed by atoms with E-state index in [4.69, 9.17) is 11.5 Å². The lowest BCUT2D eigenvalue weighted by Gasteiger charge is -2.18. The molecule has 1 rings (SSSR count). The van der Waals surface area contributed by atoms with Crippen molar-refractivity contribution in [3.8, 4) is 0 Å². The molecule has 1 heterocycles. The third-order valence-electron chi connectivity index (χ3n) is 1.78. The van der Waals surface area contributed by atoms with Gasteiger partial charge in [0.15, 0.2) is 0 Å². The summed E-state index contributed by atoms with van der Waals surface area (Å²) in [6.45, 7) is 1.03. The SMILES string of the molecule is NCCCN(C(N)=O)c1ccccn1. The van der Waals surface area contributed by atoms with Crippen LogP contribution in [0.3, 0.4) is 0 Å². The monoisotopic (exact) mass is 194 g/mol. The van der Waals surface area contributed by atoms with Gasteiger partial charge < -0.3 is 11.5 Å². The maximum absolute atomic E-state index is 11.1. The maximum atomic E-state index is 11.1. The minimum atomic E-state index is -0.503. The van der Waals surface area contributed by atoms with E-state index in [0.717, 1.165) is 0 Å². The molecule has 0 saturated heterocycles. The van der Waals surface area contributed by atoms with Crippen LogP contribution in [0.25, 0.3) is 0 Å². The molecule has 0 fully saturated rings.